The molecule has 1 heterocycles. The van der Waals surface area contributed by atoms with Crippen LogP contribution in [0.1, 0.15) is 38.2 Å². The molecule has 3 aromatic rings. The van der Waals surface area contributed by atoms with Gasteiger partial charge in [0, 0.05) is 29.7 Å². The van der Waals surface area contributed by atoms with Crippen LogP contribution in [0.5, 0.6) is 0 Å². The van der Waals surface area contributed by atoms with Gasteiger partial charge in [-0.3, -0.25) is 0 Å². The number of nitrogens with zero attached hydrogens (tertiary/aromatic N) is 1. The predicted molar refractivity (Wildman–Crippen MR) is 118 cm³/mol. The summed E-state index contributed by atoms with van der Waals surface area (Å²) in [4.78, 5) is 2.40. The lowest BCUT2D eigenvalue weighted by Gasteiger charge is -2.35. The molecule has 0 atom stereocenters. The van der Waals surface area contributed by atoms with Crippen LogP contribution in [0.4, 0.5) is 11.4 Å². The first-order valence-electron chi connectivity index (χ1n) is 9.94. The van der Waals surface area contributed by atoms with Crippen LogP contribution in [0.15, 0.2) is 66.7 Å². The van der Waals surface area contributed by atoms with Gasteiger partial charge in [0.2, 0.25) is 0 Å². The highest BCUT2D eigenvalue weighted by Gasteiger charge is 2.30. The van der Waals surface area contributed by atoms with Crippen molar-refractivity contribution in [1.82, 2.24) is 0 Å². The van der Waals surface area contributed by atoms with Gasteiger partial charge in [0.05, 0.1) is 0 Å². The summed E-state index contributed by atoms with van der Waals surface area (Å²) in [7, 11) is 0. The first-order valence-corrected chi connectivity index (χ1v) is 9.94. The SMILES string of the molecule is CCCCCC#CB1Nc2cccc3cccc(c23)N1Cc1ccccc1. The summed E-state index contributed by atoms with van der Waals surface area (Å²) in [6.45, 7) is 3.07. The van der Waals surface area contributed by atoms with Crippen LogP contribution in [0.3, 0.4) is 0 Å². The smallest absolute Gasteiger partial charge is 0.398 e. The molecule has 0 spiro atoms. The number of benzene rings is 3. The molecule has 3 heteroatoms. The second kappa shape index (κ2) is 8.23. The number of nitrogens with one attached hydrogen (secondary N) is 1. The zero-order chi connectivity index (χ0) is 18.5. The molecule has 0 aromatic heterocycles. The fraction of sp³-hybridized carbons (Fsp3) is 0.250. The third-order valence-corrected chi connectivity index (χ3v) is 5.14. The van der Waals surface area contributed by atoms with Crippen LogP contribution in [-0.4, -0.2) is 6.98 Å². The molecule has 0 fully saturated rings. The van der Waals surface area contributed by atoms with Crippen molar-refractivity contribution in [2.45, 2.75) is 39.2 Å². The first-order chi connectivity index (χ1) is 13.4. The van der Waals surface area contributed by atoms with Crippen LogP contribution in [0.25, 0.3) is 10.8 Å². The van der Waals surface area contributed by atoms with E-state index in [0.717, 1.165) is 13.0 Å². The van der Waals surface area contributed by atoms with Gasteiger partial charge < -0.3 is 10.0 Å². The Bertz CT molecular complexity index is 967. The summed E-state index contributed by atoms with van der Waals surface area (Å²) in [6, 6.07) is 23.7. The van der Waals surface area contributed by atoms with Crippen LogP contribution in [0.2, 0.25) is 0 Å². The average Bonchev–Trinajstić information content (AvgIpc) is 2.71. The lowest BCUT2D eigenvalue weighted by molar-refractivity contribution is 0.737. The number of unbranched alkanes of at least 4 members (excludes halogenated alkanes) is 3. The second-order valence-corrected chi connectivity index (χ2v) is 7.12. The molecule has 0 saturated heterocycles. The zero-order valence-electron chi connectivity index (χ0n) is 15.9. The summed E-state index contributed by atoms with van der Waals surface area (Å²) in [5.74, 6) is 6.91. The molecule has 3 aromatic carbocycles. The van der Waals surface area contributed by atoms with E-state index in [0.29, 0.717) is 0 Å². The standard InChI is InChI=1S/C24H25BN2/c1-2-3-4-5-9-18-25-26-22-16-10-14-21-15-11-17-23(24(21)22)27(25)19-20-12-7-6-8-13-20/h6-8,10-17,26H,2-5,19H2,1H3. The van der Waals surface area contributed by atoms with Crippen LogP contribution in [0, 0.1) is 11.7 Å². The van der Waals surface area contributed by atoms with E-state index < -0.39 is 0 Å². The van der Waals surface area contributed by atoms with Crippen LogP contribution < -0.4 is 10.0 Å². The van der Waals surface area contributed by atoms with E-state index in [1.165, 1.54) is 47.0 Å². The Labute approximate surface area is 162 Å². The first kappa shape index (κ1) is 17.6. The minimum atomic E-state index is -0.00710. The van der Waals surface area contributed by atoms with Gasteiger partial charge in [-0.1, -0.05) is 80.2 Å². The van der Waals surface area contributed by atoms with Gasteiger partial charge in [0.25, 0.3) is 0 Å². The third kappa shape index (κ3) is 3.81. The van der Waals surface area contributed by atoms with Crippen molar-refractivity contribution in [3.63, 3.8) is 0 Å². The Hall–Kier alpha value is -2.86. The lowest BCUT2D eigenvalue weighted by atomic mass is 9.71. The molecule has 0 radical (unpaired) electrons. The molecule has 134 valence electrons. The summed E-state index contributed by atoms with van der Waals surface area (Å²) in [5.41, 5.74) is 3.74. The topological polar surface area (TPSA) is 15.3 Å². The van der Waals surface area contributed by atoms with E-state index in [1.54, 1.807) is 0 Å². The maximum absolute atomic E-state index is 3.67. The van der Waals surface area contributed by atoms with E-state index in [-0.39, 0.29) is 6.98 Å². The minimum Gasteiger partial charge on any atom is -0.398 e. The van der Waals surface area contributed by atoms with Crippen molar-refractivity contribution < 1.29 is 0 Å². The van der Waals surface area contributed by atoms with Gasteiger partial charge in [-0.05, 0) is 29.5 Å². The Morgan fingerprint density at radius 3 is 2.56 bits per heavy atom. The summed E-state index contributed by atoms with van der Waals surface area (Å²) >= 11 is 0. The Morgan fingerprint density at radius 1 is 0.926 bits per heavy atom. The van der Waals surface area contributed by atoms with Crippen molar-refractivity contribution in [3.8, 4) is 11.7 Å². The highest BCUT2D eigenvalue weighted by atomic mass is 15.2. The van der Waals surface area contributed by atoms with Gasteiger partial charge in [-0.15, -0.1) is 5.92 Å². The second-order valence-electron chi connectivity index (χ2n) is 7.12. The average molecular weight is 352 g/mol. The van der Waals surface area contributed by atoms with Gasteiger partial charge in [0.1, 0.15) is 0 Å². The van der Waals surface area contributed by atoms with E-state index in [1.807, 2.05) is 0 Å². The maximum atomic E-state index is 3.67. The minimum absolute atomic E-state index is 0.00710. The van der Waals surface area contributed by atoms with Gasteiger partial charge >= 0.3 is 6.98 Å². The summed E-state index contributed by atoms with van der Waals surface area (Å²) < 4.78 is 0. The molecule has 0 unspecified atom stereocenters. The van der Waals surface area contributed by atoms with Gasteiger partial charge in [0.15, 0.2) is 0 Å². The highest BCUT2D eigenvalue weighted by Crippen LogP contribution is 2.37. The highest BCUT2D eigenvalue weighted by molar-refractivity contribution is 6.75. The molecule has 0 bridgehead atoms. The largest absolute Gasteiger partial charge is 0.463 e. The van der Waals surface area contributed by atoms with E-state index in [4.69, 9.17) is 0 Å². The van der Waals surface area contributed by atoms with Gasteiger partial charge in [-0.2, -0.15) is 0 Å². The van der Waals surface area contributed by atoms with Crippen molar-refractivity contribution in [2.24, 2.45) is 0 Å². The van der Waals surface area contributed by atoms with E-state index >= 15 is 0 Å². The number of hydrogen-bond acceptors (Lipinski definition) is 2. The Balaban J connectivity index is 1.70. The molecular weight excluding hydrogens is 327 g/mol. The van der Waals surface area contributed by atoms with Crippen LogP contribution >= 0.6 is 0 Å². The van der Waals surface area contributed by atoms with E-state index in [9.17, 15) is 0 Å². The van der Waals surface area contributed by atoms with E-state index in [2.05, 4.69) is 95.4 Å². The van der Waals surface area contributed by atoms with Crippen LogP contribution in [-0.2, 0) is 6.54 Å². The van der Waals surface area contributed by atoms with Gasteiger partial charge in [-0.25, -0.2) is 0 Å². The summed E-state index contributed by atoms with van der Waals surface area (Å²) in [6.07, 6.45) is 4.64. The maximum Gasteiger partial charge on any atom is 0.463 e. The molecular formula is C24H25BN2. The summed E-state index contributed by atoms with van der Waals surface area (Å²) in [5, 5.41) is 6.23. The molecule has 1 aliphatic heterocycles. The van der Waals surface area contributed by atoms with Crippen molar-refractivity contribution in [2.75, 3.05) is 10.0 Å². The van der Waals surface area contributed by atoms with Crippen molar-refractivity contribution in [1.29, 1.82) is 0 Å². The molecule has 0 amide bonds. The predicted octanol–water partition coefficient (Wildman–Crippen LogP) is 5.88. The molecule has 1 aliphatic rings. The van der Waals surface area contributed by atoms with Crippen molar-refractivity contribution >= 4 is 29.1 Å². The molecule has 27 heavy (non-hydrogen) atoms. The molecule has 0 aliphatic carbocycles. The third-order valence-electron chi connectivity index (χ3n) is 5.14. The Morgan fingerprint density at radius 2 is 1.74 bits per heavy atom. The monoisotopic (exact) mass is 352 g/mol. The normalized spacial score (nSPS) is 12.5. The fourth-order valence-electron chi connectivity index (χ4n) is 3.75. The molecule has 2 nitrogen and oxygen atoms in total. The lowest BCUT2D eigenvalue weighted by Crippen LogP contribution is -2.47. The fourth-order valence-corrected chi connectivity index (χ4v) is 3.75. The number of hydrogen-bond donors (Lipinski definition) is 1. The molecule has 0 saturated carbocycles. The number of rotatable bonds is 5. The zero-order valence-corrected chi connectivity index (χ0v) is 15.9. The Kier molecular flexibility index (Phi) is 5.35. The molecule has 4 rings (SSSR count). The number of anilines is 2. The molecule has 1 N–H and O–H groups in total. The van der Waals surface area contributed by atoms with Crippen molar-refractivity contribution in [3.05, 3.63) is 72.3 Å². The quantitative estimate of drug-likeness (QED) is 0.350.